The summed E-state index contributed by atoms with van der Waals surface area (Å²) in [4.78, 5) is 28.5. The van der Waals surface area contributed by atoms with Crippen LogP contribution in [0, 0.1) is 13.8 Å². The zero-order valence-electron chi connectivity index (χ0n) is 22.6. The van der Waals surface area contributed by atoms with Crippen LogP contribution in [-0.4, -0.2) is 36.6 Å². The molecule has 3 aromatic carbocycles. The van der Waals surface area contributed by atoms with Crippen molar-refractivity contribution in [1.82, 2.24) is 0 Å². The molecule has 1 saturated heterocycles. The summed E-state index contributed by atoms with van der Waals surface area (Å²) in [5.41, 5.74) is 3.48. The summed E-state index contributed by atoms with van der Waals surface area (Å²) in [6.07, 6.45) is -0.00725. The van der Waals surface area contributed by atoms with Crippen LogP contribution in [0.1, 0.15) is 49.1 Å². The Balaban J connectivity index is 1.92. The molecule has 0 aliphatic carbocycles. The Labute approximate surface area is 223 Å². The molecule has 7 heteroatoms. The number of carbonyl (C=O) groups excluding carboxylic acids is 2. The Bertz CT molecular complexity index is 1370. The van der Waals surface area contributed by atoms with Crippen molar-refractivity contribution < 1.29 is 28.9 Å². The van der Waals surface area contributed by atoms with Gasteiger partial charge in [0.05, 0.1) is 31.4 Å². The summed E-state index contributed by atoms with van der Waals surface area (Å²) in [6.45, 7) is 9.98. The van der Waals surface area contributed by atoms with Crippen molar-refractivity contribution in [1.29, 1.82) is 0 Å². The van der Waals surface area contributed by atoms with Crippen molar-refractivity contribution in [2.24, 2.45) is 0 Å². The van der Waals surface area contributed by atoms with Gasteiger partial charge in [0, 0.05) is 11.3 Å². The Kier molecular flexibility index (Phi) is 7.76. The van der Waals surface area contributed by atoms with E-state index in [0.717, 1.165) is 11.1 Å². The Morgan fingerprint density at radius 2 is 1.61 bits per heavy atom. The molecule has 1 atom stereocenters. The molecule has 1 aliphatic heterocycles. The number of hydrogen-bond acceptors (Lipinski definition) is 6. The first-order chi connectivity index (χ1) is 18.1. The van der Waals surface area contributed by atoms with Crippen molar-refractivity contribution in [3.05, 3.63) is 88.5 Å². The first-order valence-electron chi connectivity index (χ1n) is 12.6. The zero-order valence-corrected chi connectivity index (χ0v) is 22.6. The molecule has 1 unspecified atom stereocenters. The lowest BCUT2D eigenvalue weighted by Crippen LogP contribution is -2.29. The highest BCUT2D eigenvalue weighted by Crippen LogP contribution is 2.44. The maximum absolute atomic E-state index is 13.5. The van der Waals surface area contributed by atoms with Crippen LogP contribution in [-0.2, 0) is 9.59 Å². The van der Waals surface area contributed by atoms with E-state index in [9.17, 15) is 14.7 Å². The molecule has 1 heterocycles. The van der Waals surface area contributed by atoms with Gasteiger partial charge in [-0.05, 0) is 99.8 Å². The van der Waals surface area contributed by atoms with Crippen LogP contribution in [0.15, 0.2) is 66.2 Å². The van der Waals surface area contributed by atoms with Gasteiger partial charge in [0.25, 0.3) is 11.7 Å². The van der Waals surface area contributed by atoms with E-state index in [1.165, 1.54) is 4.90 Å². The molecule has 1 amide bonds. The second-order valence-corrected chi connectivity index (χ2v) is 9.55. The number of aliphatic hydroxyl groups is 1. The van der Waals surface area contributed by atoms with Crippen LogP contribution in [0.4, 0.5) is 5.69 Å². The van der Waals surface area contributed by atoms with Gasteiger partial charge in [0.2, 0.25) is 0 Å². The Hall–Kier alpha value is -4.26. The molecule has 0 spiro atoms. The van der Waals surface area contributed by atoms with Gasteiger partial charge in [-0.1, -0.05) is 12.1 Å². The largest absolute Gasteiger partial charge is 0.507 e. The molecule has 1 fully saturated rings. The molecule has 3 aromatic rings. The van der Waals surface area contributed by atoms with Crippen LogP contribution in [0.3, 0.4) is 0 Å². The fourth-order valence-electron chi connectivity index (χ4n) is 4.75. The first kappa shape index (κ1) is 26.8. The lowest BCUT2D eigenvalue weighted by Gasteiger charge is -2.27. The maximum Gasteiger partial charge on any atom is 0.300 e. The van der Waals surface area contributed by atoms with E-state index in [2.05, 4.69) is 0 Å². The van der Waals surface area contributed by atoms with Crippen molar-refractivity contribution in [2.45, 2.75) is 46.8 Å². The fraction of sp³-hybridized carbons (Fsp3) is 0.290. The third-order valence-electron chi connectivity index (χ3n) is 6.23. The number of nitrogens with zero attached hydrogens (tertiary/aromatic N) is 1. The third kappa shape index (κ3) is 5.23. The third-order valence-corrected chi connectivity index (χ3v) is 6.23. The average Bonchev–Trinajstić information content (AvgIpc) is 3.13. The van der Waals surface area contributed by atoms with Crippen molar-refractivity contribution in [3.63, 3.8) is 0 Å². The van der Waals surface area contributed by atoms with Gasteiger partial charge in [0.1, 0.15) is 11.5 Å². The predicted octanol–water partition coefficient (Wildman–Crippen LogP) is 6.12. The van der Waals surface area contributed by atoms with E-state index in [4.69, 9.17) is 14.2 Å². The molecule has 38 heavy (non-hydrogen) atoms. The van der Waals surface area contributed by atoms with E-state index in [0.29, 0.717) is 40.7 Å². The zero-order chi connectivity index (χ0) is 27.6. The number of aryl methyl sites for hydroxylation is 2. The SMILES string of the molecule is CCOc1cc(C2/C(=C(/O)c3ccc(OC(C)C)cc3)C(=O)C(=O)N2c2cc(C)cc(C)c2)ccc1OC. The minimum atomic E-state index is -0.882. The monoisotopic (exact) mass is 515 g/mol. The highest BCUT2D eigenvalue weighted by molar-refractivity contribution is 6.51. The van der Waals surface area contributed by atoms with Crippen LogP contribution >= 0.6 is 0 Å². The maximum atomic E-state index is 13.5. The second-order valence-electron chi connectivity index (χ2n) is 9.55. The number of carbonyl (C=O) groups is 2. The quantitative estimate of drug-likeness (QED) is 0.221. The highest BCUT2D eigenvalue weighted by atomic mass is 16.5. The fourth-order valence-corrected chi connectivity index (χ4v) is 4.75. The van der Waals surface area contributed by atoms with Gasteiger partial charge in [0.15, 0.2) is 11.5 Å². The minimum absolute atomic E-state index is 0.000646. The lowest BCUT2D eigenvalue weighted by atomic mass is 9.94. The predicted molar refractivity (Wildman–Crippen MR) is 147 cm³/mol. The number of Topliss-reactive ketones (excluding diaryl/α,β-unsaturated/α-hetero) is 1. The summed E-state index contributed by atoms with van der Waals surface area (Å²) in [6, 6.07) is 16.9. The normalized spacial score (nSPS) is 16.7. The lowest BCUT2D eigenvalue weighted by molar-refractivity contribution is -0.132. The van der Waals surface area contributed by atoms with Crippen LogP contribution < -0.4 is 19.1 Å². The molecular weight excluding hydrogens is 482 g/mol. The number of methoxy groups -OCH3 is 1. The van der Waals surface area contributed by atoms with Gasteiger partial charge in [-0.3, -0.25) is 14.5 Å². The van der Waals surface area contributed by atoms with Crippen LogP contribution in [0.25, 0.3) is 5.76 Å². The first-order valence-corrected chi connectivity index (χ1v) is 12.6. The van der Waals surface area contributed by atoms with E-state index < -0.39 is 17.7 Å². The Morgan fingerprint density at radius 3 is 2.18 bits per heavy atom. The number of rotatable bonds is 8. The molecule has 7 nitrogen and oxygen atoms in total. The van der Waals surface area contributed by atoms with Crippen LogP contribution in [0.2, 0.25) is 0 Å². The van der Waals surface area contributed by atoms with Crippen molar-refractivity contribution >= 4 is 23.1 Å². The van der Waals surface area contributed by atoms with Gasteiger partial charge >= 0.3 is 0 Å². The number of aliphatic hydroxyl groups excluding tert-OH is 1. The van der Waals surface area contributed by atoms with Crippen LogP contribution in [0.5, 0.6) is 17.2 Å². The summed E-state index contributed by atoms with van der Waals surface area (Å²) < 4.78 is 16.9. The molecule has 1 aliphatic rings. The molecule has 4 rings (SSSR count). The molecule has 0 aromatic heterocycles. The topological polar surface area (TPSA) is 85.3 Å². The number of hydrogen-bond donors (Lipinski definition) is 1. The van der Waals surface area contributed by atoms with Gasteiger partial charge in [-0.25, -0.2) is 0 Å². The standard InChI is InChI=1S/C31H33NO6/c1-7-37-26-17-22(10-13-25(26)36-6)28-27(29(33)21-8-11-24(12-9-21)38-18(2)3)30(34)31(35)32(28)23-15-19(4)14-20(5)16-23/h8-18,28,33H,7H2,1-6H3/b29-27-. The van der Waals surface area contributed by atoms with Gasteiger partial charge in [-0.2, -0.15) is 0 Å². The number of amides is 1. The van der Waals surface area contributed by atoms with Crippen molar-refractivity contribution in [2.75, 3.05) is 18.6 Å². The smallest absolute Gasteiger partial charge is 0.300 e. The molecule has 198 valence electrons. The van der Waals surface area contributed by atoms with E-state index in [1.807, 2.05) is 52.8 Å². The number of benzene rings is 3. The molecule has 1 N–H and O–H groups in total. The van der Waals surface area contributed by atoms with Gasteiger partial charge < -0.3 is 19.3 Å². The summed E-state index contributed by atoms with van der Waals surface area (Å²) >= 11 is 0. The molecule has 0 radical (unpaired) electrons. The average molecular weight is 516 g/mol. The molecular formula is C31H33NO6. The molecule has 0 bridgehead atoms. The van der Waals surface area contributed by atoms with E-state index in [1.54, 1.807) is 49.6 Å². The minimum Gasteiger partial charge on any atom is -0.507 e. The summed E-state index contributed by atoms with van der Waals surface area (Å²) in [5, 5.41) is 11.4. The molecule has 0 saturated carbocycles. The Morgan fingerprint density at radius 1 is 0.947 bits per heavy atom. The second kappa shape index (κ2) is 11.0. The number of ether oxygens (including phenoxy) is 3. The summed E-state index contributed by atoms with van der Waals surface area (Å²) in [7, 11) is 1.55. The number of ketones is 1. The van der Waals surface area contributed by atoms with E-state index >= 15 is 0 Å². The summed E-state index contributed by atoms with van der Waals surface area (Å²) in [5.74, 6) is -0.0863. The van der Waals surface area contributed by atoms with E-state index in [-0.39, 0.29) is 17.4 Å². The highest BCUT2D eigenvalue weighted by Gasteiger charge is 2.47. The van der Waals surface area contributed by atoms with Crippen molar-refractivity contribution in [3.8, 4) is 17.2 Å². The number of anilines is 1. The van der Waals surface area contributed by atoms with Gasteiger partial charge in [-0.15, -0.1) is 0 Å².